The molecule has 1 rings (SSSR count). The SMILES string of the molecule is CC1CN(C(=O)OC(C)(C)C)C(CCN)CO1. The number of ether oxygens (including phenoxy) is 2. The quantitative estimate of drug-likeness (QED) is 0.796. The van der Waals surface area contributed by atoms with Gasteiger partial charge in [-0.15, -0.1) is 0 Å². The predicted molar refractivity (Wildman–Crippen MR) is 65.8 cm³/mol. The summed E-state index contributed by atoms with van der Waals surface area (Å²) in [6.07, 6.45) is 0.522. The largest absolute Gasteiger partial charge is 0.444 e. The van der Waals surface area contributed by atoms with E-state index in [4.69, 9.17) is 15.2 Å². The molecule has 1 aliphatic rings. The van der Waals surface area contributed by atoms with E-state index >= 15 is 0 Å². The van der Waals surface area contributed by atoms with E-state index in [1.165, 1.54) is 0 Å². The minimum atomic E-state index is -0.466. The van der Waals surface area contributed by atoms with Gasteiger partial charge in [-0.2, -0.15) is 0 Å². The molecule has 17 heavy (non-hydrogen) atoms. The van der Waals surface area contributed by atoms with Crippen LogP contribution in [0.4, 0.5) is 4.79 Å². The highest BCUT2D eigenvalue weighted by molar-refractivity contribution is 5.68. The Kier molecular flexibility index (Phi) is 4.77. The molecule has 2 unspecified atom stereocenters. The van der Waals surface area contributed by atoms with Crippen LogP contribution in [-0.2, 0) is 9.47 Å². The number of carbonyl (C=O) groups excluding carboxylic acids is 1. The molecule has 2 atom stereocenters. The summed E-state index contributed by atoms with van der Waals surface area (Å²) in [5, 5.41) is 0. The monoisotopic (exact) mass is 244 g/mol. The molecule has 0 saturated carbocycles. The standard InChI is InChI=1S/C12H24N2O3/c1-9-7-14(10(5-6-13)8-16-9)11(15)17-12(2,3)4/h9-10H,5-8,13H2,1-4H3. The first-order valence-corrected chi connectivity index (χ1v) is 6.15. The third-order valence-corrected chi connectivity index (χ3v) is 2.60. The molecular formula is C12H24N2O3. The average molecular weight is 244 g/mol. The van der Waals surface area contributed by atoms with Gasteiger partial charge in [0.05, 0.1) is 25.3 Å². The summed E-state index contributed by atoms with van der Waals surface area (Å²) in [6, 6.07) is 0.0334. The molecule has 1 amide bonds. The van der Waals surface area contributed by atoms with Crippen molar-refractivity contribution in [1.82, 2.24) is 4.90 Å². The second kappa shape index (κ2) is 5.69. The summed E-state index contributed by atoms with van der Waals surface area (Å²) >= 11 is 0. The Labute approximate surface area is 103 Å². The lowest BCUT2D eigenvalue weighted by atomic mass is 10.1. The fraction of sp³-hybridized carbons (Fsp3) is 0.917. The van der Waals surface area contributed by atoms with Gasteiger partial charge in [-0.1, -0.05) is 0 Å². The molecule has 5 heteroatoms. The zero-order chi connectivity index (χ0) is 13.1. The van der Waals surface area contributed by atoms with Crippen LogP contribution in [0.2, 0.25) is 0 Å². The molecule has 2 N–H and O–H groups in total. The van der Waals surface area contributed by atoms with Gasteiger partial charge in [-0.25, -0.2) is 4.79 Å². The number of rotatable bonds is 2. The van der Waals surface area contributed by atoms with Gasteiger partial charge in [0.1, 0.15) is 5.60 Å². The molecule has 1 aliphatic heterocycles. The van der Waals surface area contributed by atoms with Crippen LogP contribution in [0, 0.1) is 0 Å². The molecule has 1 heterocycles. The number of hydrogen-bond donors (Lipinski definition) is 1. The highest BCUT2D eigenvalue weighted by Gasteiger charge is 2.32. The van der Waals surface area contributed by atoms with Crippen LogP contribution in [0.3, 0.4) is 0 Å². The summed E-state index contributed by atoms with van der Waals surface area (Å²) in [5.74, 6) is 0. The maximum Gasteiger partial charge on any atom is 0.410 e. The normalized spacial score (nSPS) is 25.8. The van der Waals surface area contributed by atoms with Gasteiger partial charge in [0.15, 0.2) is 0 Å². The second-order valence-corrected chi connectivity index (χ2v) is 5.51. The topological polar surface area (TPSA) is 64.8 Å². The number of nitrogens with zero attached hydrogens (tertiary/aromatic N) is 1. The van der Waals surface area contributed by atoms with E-state index in [-0.39, 0.29) is 18.2 Å². The van der Waals surface area contributed by atoms with E-state index < -0.39 is 5.60 Å². The number of morpholine rings is 1. The summed E-state index contributed by atoms with van der Waals surface area (Å²) in [4.78, 5) is 13.8. The van der Waals surface area contributed by atoms with E-state index in [9.17, 15) is 4.79 Å². The minimum absolute atomic E-state index is 0.0334. The van der Waals surface area contributed by atoms with Crippen LogP contribution < -0.4 is 5.73 Å². The van der Waals surface area contributed by atoms with Crippen molar-refractivity contribution in [3.63, 3.8) is 0 Å². The number of hydrogen-bond acceptors (Lipinski definition) is 4. The summed E-state index contributed by atoms with van der Waals surface area (Å²) in [7, 11) is 0. The molecular weight excluding hydrogens is 220 g/mol. The molecule has 0 radical (unpaired) electrons. The van der Waals surface area contributed by atoms with Crippen LogP contribution in [-0.4, -0.2) is 48.4 Å². The van der Waals surface area contributed by atoms with Crippen molar-refractivity contribution in [3.8, 4) is 0 Å². The van der Waals surface area contributed by atoms with Crippen molar-refractivity contribution in [2.45, 2.75) is 51.9 Å². The van der Waals surface area contributed by atoms with E-state index in [0.717, 1.165) is 6.42 Å². The van der Waals surface area contributed by atoms with Gasteiger partial charge in [0.2, 0.25) is 0 Å². The maximum absolute atomic E-state index is 12.1. The molecule has 0 aliphatic carbocycles. The van der Waals surface area contributed by atoms with Gasteiger partial charge in [-0.3, -0.25) is 0 Å². The van der Waals surface area contributed by atoms with E-state index in [2.05, 4.69) is 0 Å². The Morgan fingerprint density at radius 1 is 1.53 bits per heavy atom. The zero-order valence-corrected chi connectivity index (χ0v) is 11.2. The number of carbonyl (C=O) groups is 1. The van der Waals surface area contributed by atoms with E-state index in [1.54, 1.807) is 4.90 Å². The Hall–Kier alpha value is -0.810. The lowest BCUT2D eigenvalue weighted by Crippen LogP contribution is -2.53. The summed E-state index contributed by atoms with van der Waals surface area (Å²) in [5.41, 5.74) is 5.08. The van der Waals surface area contributed by atoms with Gasteiger partial charge in [0, 0.05) is 0 Å². The van der Waals surface area contributed by atoms with Crippen LogP contribution in [0.1, 0.15) is 34.1 Å². The lowest BCUT2D eigenvalue weighted by molar-refractivity contribution is -0.0643. The van der Waals surface area contributed by atoms with Crippen molar-refractivity contribution in [1.29, 1.82) is 0 Å². The van der Waals surface area contributed by atoms with E-state index in [1.807, 2.05) is 27.7 Å². The van der Waals surface area contributed by atoms with Crippen molar-refractivity contribution in [3.05, 3.63) is 0 Å². The first kappa shape index (κ1) is 14.3. The Morgan fingerprint density at radius 3 is 2.71 bits per heavy atom. The predicted octanol–water partition coefficient (Wildman–Crippen LogP) is 1.36. The highest BCUT2D eigenvalue weighted by Crippen LogP contribution is 2.18. The molecule has 1 saturated heterocycles. The lowest BCUT2D eigenvalue weighted by Gasteiger charge is -2.39. The molecule has 0 aromatic heterocycles. The van der Waals surface area contributed by atoms with Crippen LogP contribution in [0.5, 0.6) is 0 Å². The van der Waals surface area contributed by atoms with Crippen molar-refractivity contribution in [2.75, 3.05) is 19.7 Å². The first-order chi connectivity index (χ1) is 7.83. The third-order valence-electron chi connectivity index (χ3n) is 2.60. The van der Waals surface area contributed by atoms with Gasteiger partial charge in [0.25, 0.3) is 0 Å². The average Bonchev–Trinajstić information content (AvgIpc) is 2.18. The molecule has 0 aromatic rings. The highest BCUT2D eigenvalue weighted by atomic mass is 16.6. The van der Waals surface area contributed by atoms with Crippen molar-refractivity contribution < 1.29 is 14.3 Å². The molecule has 5 nitrogen and oxygen atoms in total. The third kappa shape index (κ3) is 4.52. The minimum Gasteiger partial charge on any atom is -0.444 e. The van der Waals surface area contributed by atoms with Crippen LogP contribution >= 0.6 is 0 Å². The van der Waals surface area contributed by atoms with Crippen molar-refractivity contribution in [2.24, 2.45) is 5.73 Å². The zero-order valence-electron chi connectivity index (χ0n) is 11.2. The Balaban J connectivity index is 2.65. The second-order valence-electron chi connectivity index (χ2n) is 5.51. The van der Waals surface area contributed by atoms with Gasteiger partial charge in [-0.05, 0) is 40.7 Å². The fourth-order valence-electron chi connectivity index (χ4n) is 1.82. The van der Waals surface area contributed by atoms with Crippen molar-refractivity contribution >= 4 is 6.09 Å². The Bertz CT molecular complexity index is 263. The first-order valence-electron chi connectivity index (χ1n) is 6.15. The molecule has 0 aromatic carbocycles. The van der Waals surface area contributed by atoms with E-state index in [0.29, 0.717) is 19.7 Å². The van der Waals surface area contributed by atoms with Gasteiger partial charge >= 0.3 is 6.09 Å². The smallest absolute Gasteiger partial charge is 0.410 e. The van der Waals surface area contributed by atoms with Gasteiger partial charge < -0.3 is 20.1 Å². The molecule has 0 bridgehead atoms. The number of amides is 1. The summed E-state index contributed by atoms with van der Waals surface area (Å²) < 4.78 is 10.9. The molecule has 1 fully saturated rings. The number of nitrogens with two attached hydrogens (primary N) is 1. The van der Waals surface area contributed by atoms with Crippen LogP contribution in [0.15, 0.2) is 0 Å². The fourth-order valence-corrected chi connectivity index (χ4v) is 1.82. The summed E-state index contributed by atoms with van der Waals surface area (Å²) in [6.45, 7) is 9.21. The Morgan fingerprint density at radius 2 is 2.18 bits per heavy atom. The maximum atomic E-state index is 12.1. The molecule has 100 valence electrons. The van der Waals surface area contributed by atoms with Crippen LogP contribution in [0.25, 0.3) is 0 Å². The molecule has 0 spiro atoms.